The Hall–Kier alpha value is -1.62. The van der Waals surface area contributed by atoms with Crippen LogP contribution < -0.4 is 5.32 Å². The van der Waals surface area contributed by atoms with Crippen molar-refractivity contribution < 1.29 is 19.1 Å². The molecular weight excluding hydrogens is 309 g/mol. The number of carbonyl (C=O) groups is 2. The second-order valence-electron chi connectivity index (χ2n) is 5.81. The highest BCUT2D eigenvalue weighted by Crippen LogP contribution is 2.41. The summed E-state index contributed by atoms with van der Waals surface area (Å²) in [5, 5.41) is 11.8. The third-order valence-corrected chi connectivity index (χ3v) is 4.47. The van der Waals surface area contributed by atoms with E-state index in [1.807, 2.05) is 12.1 Å². The van der Waals surface area contributed by atoms with Crippen LogP contribution in [0.2, 0.25) is 5.02 Å². The molecule has 0 bridgehead atoms. The average Bonchev–Trinajstić information content (AvgIpc) is 2.94. The lowest BCUT2D eigenvalue weighted by Crippen LogP contribution is -2.49. The Bertz CT molecular complexity index is 558. The molecule has 120 valence electrons. The normalized spacial score (nSPS) is 17.9. The zero-order valence-corrected chi connectivity index (χ0v) is 12.9. The number of rotatable bonds is 6. The van der Waals surface area contributed by atoms with E-state index in [0.717, 1.165) is 18.4 Å². The molecule has 0 spiro atoms. The average molecular weight is 328 g/mol. The lowest BCUT2D eigenvalue weighted by Gasteiger charge is -2.29. The van der Waals surface area contributed by atoms with Crippen LogP contribution in [0.3, 0.4) is 0 Å². The maximum absolute atomic E-state index is 12.7. The van der Waals surface area contributed by atoms with E-state index < -0.39 is 24.1 Å². The smallest absolute Gasteiger partial charge is 0.328 e. The number of carboxylic acid groups (broad SMARTS) is 1. The van der Waals surface area contributed by atoms with Gasteiger partial charge >= 0.3 is 5.97 Å². The summed E-state index contributed by atoms with van der Waals surface area (Å²) >= 11 is 5.98. The van der Waals surface area contributed by atoms with Gasteiger partial charge in [0.1, 0.15) is 6.67 Å². The molecule has 4 nitrogen and oxygen atoms in total. The summed E-state index contributed by atoms with van der Waals surface area (Å²) in [6, 6.07) is 5.79. The minimum absolute atomic E-state index is 0.380. The van der Waals surface area contributed by atoms with Crippen LogP contribution in [0, 0.1) is 5.41 Å². The fourth-order valence-electron chi connectivity index (χ4n) is 3.05. The van der Waals surface area contributed by atoms with Crippen molar-refractivity contribution >= 4 is 23.5 Å². The summed E-state index contributed by atoms with van der Waals surface area (Å²) in [7, 11) is 0. The number of carbonyl (C=O) groups excluding carboxylic acids is 1. The SMILES string of the molecule is O=C(O)C(CF)NC(=O)C1(Cc2cccc(Cl)c2)CCCC1. The minimum Gasteiger partial charge on any atom is -0.480 e. The third-order valence-electron chi connectivity index (χ3n) is 4.23. The summed E-state index contributed by atoms with van der Waals surface area (Å²) < 4.78 is 12.7. The van der Waals surface area contributed by atoms with Gasteiger partial charge in [-0.15, -0.1) is 0 Å². The van der Waals surface area contributed by atoms with Crippen molar-refractivity contribution in [1.82, 2.24) is 5.32 Å². The van der Waals surface area contributed by atoms with Crippen LogP contribution in [0.5, 0.6) is 0 Å². The number of amides is 1. The second kappa shape index (κ2) is 7.09. The minimum atomic E-state index is -1.48. The van der Waals surface area contributed by atoms with Crippen molar-refractivity contribution in [1.29, 1.82) is 0 Å². The van der Waals surface area contributed by atoms with Gasteiger partial charge in [0.2, 0.25) is 5.91 Å². The maximum atomic E-state index is 12.7. The van der Waals surface area contributed by atoms with Crippen molar-refractivity contribution in [2.75, 3.05) is 6.67 Å². The first kappa shape index (κ1) is 16.7. The van der Waals surface area contributed by atoms with Crippen LogP contribution in [0.1, 0.15) is 31.2 Å². The van der Waals surface area contributed by atoms with E-state index in [4.69, 9.17) is 16.7 Å². The van der Waals surface area contributed by atoms with Gasteiger partial charge in [-0.1, -0.05) is 36.6 Å². The number of nitrogens with one attached hydrogen (secondary N) is 1. The number of aliphatic carboxylic acids is 1. The summed E-state index contributed by atoms with van der Waals surface area (Å²) in [5.41, 5.74) is 0.254. The van der Waals surface area contributed by atoms with Crippen molar-refractivity contribution in [3.05, 3.63) is 34.9 Å². The van der Waals surface area contributed by atoms with E-state index in [1.54, 1.807) is 12.1 Å². The zero-order valence-electron chi connectivity index (χ0n) is 12.1. The van der Waals surface area contributed by atoms with Gasteiger partial charge in [0.15, 0.2) is 6.04 Å². The molecular formula is C16H19ClFNO3. The second-order valence-corrected chi connectivity index (χ2v) is 6.25. The van der Waals surface area contributed by atoms with Crippen LogP contribution >= 0.6 is 11.6 Å². The Labute approximate surface area is 133 Å². The van der Waals surface area contributed by atoms with Gasteiger partial charge in [-0.3, -0.25) is 4.79 Å². The van der Waals surface area contributed by atoms with Crippen molar-refractivity contribution in [3.8, 4) is 0 Å². The fourth-order valence-corrected chi connectivity index (χ4v) is 3.26. The summed E-state index contributed by atoms with van der Waals surface area (Å²) in [5.74, 6) is -1.73. The molecule has 1 saturated carbocycles. The van der Waals surface area contributed by atoms with Crippen LogP contribution in [0.25, 0.3) is 0 Å². The number of halogens is 2. The van der Waals surface area contributed by atoms with Crippen molar-refractivity contribution in [2.45, 2.75) is 38.1 Å². The quantitative estimate of drug-likeness (QED) is 0.844. The molecule has 1 aliphatic carbocycles. The van der Waals surface area contributed by atoms with Gasteiger partial charge in [0.05, 0.1) is 5.41 Å². The zero-order chi connectivity index (χ0) is 16.2. The first-order valence-electron chi connectivity index (χ1n) is 7.31. The predicted octanol–water partition coefficient (Wildman–Crippen LogP) is 2.98. The number of benzene rings is 1. The highest BCUT2D eigenvalue weighted by Gasteiger charge is 2.42. The van der Waals surface area contributed by atoms with Gasteiger partial charge in [0, 0.05) is 5.02 Å². The molecule has 2 N–H and O–H groups in total. The van der Waals surface area contributed by atoms with E-state index in [2.05, 4.69) is 5.32 Å². The maximum Gasteiger partial charge on any atom is 0.328 e. The standard InChI is InChI=1S/C16H19ClFNO3/c17-12-5-3-4-11(8-12)9-16(6-1-2-7-16)15(22)19-13(10-18)14(20)21/h3-5,8,13H,1-2,6-7,9-10H2,(H,19,22)(H,20,21). The van der Waals surface area contributed by atoms with E-state index in [-0.39, 0.29) is 5.91 Å². The van der Waals surface area contributed by atoms with E-state index in [9.17, 15) is 14.0 Å². The lowest BCUT2D eigenvalue weighted by atomic mass is 9.79. The molecule has 1 fully saturated rings. The van der Waals surface area contributed by atoms with Crippen LogP contribution in [-0.2, 0) is 16.0 Å². The molecule has 0 radical (unpaired) electrons. The van der Waals surface area contributed by atoms with E-state index in [0.29, 0.717) is 24.3 Å². The van der Waals surface area contributed by atoms with Gasteiger partial charge in [-0.2, -0.15) is 0 Å². The van der Waals surface area contributed by atoms with Gasteiger partial charge < -0.3 is 10.4 Å². The van der Waals surface area contributed by atoms with Crippen LogP contribution in [0.15, 0.2) is 24.3 Å². The highest BCUT2D eigenvalue weighted by molar-refractivity contribution is 6.30. The van der Waals surface area contributed by atoms with Crippen LogP contribution in [-0.4, -0.2) is 29.7 Å². The Kier molecular flexibility index (Phi) is 5.40. The molecule has 1 aromatic carbocycles. The first-order valence-corrected chi connectivity index (χ1v) is 7.69. The molecule has 0 heterocycles. The van der Waals surface area contributed by atoms with Crippen molar-refractivity contribution in [3.63, 3.8) is 0 Å². The summed E-state index contributed by atoms with van der Waals surface area (Å²) in [6.45, 7) is -1.12. The Balaban J connectivity index is 2.17. The number of carboxylic acids is 1. The number of alkyl halides is 1. The monoisotopic (exact) mass is 327 g/mol. The van der Waals surface area contributed by atoms with Crippen LogP contribution in [0.4, 0.5) is 4.39 Å². The molecule has 0 aliphatic heterocycles. The molecule has 1 atom stereocenters. The molecule has 0 saturated heterocycles. The van der Waals surface area contributed by atoms with Gasteiger partial charge in [-0.05, 0) is 37.0 Å². The highest BCUT2D eigenvalue weighted by atomic mass is 35.5. The molecule has 1 aliphatic rings. The Morgan fingerprint density at radius 1 is 1.36 bits per heavy atom. The topological polar surface area (TPSA) is 66.4 Å². The van der Waals surface area contributed by atoms with E-state index >= 15 is 0 Å². The Morgan fingerprint density at radius 2 is 2.05 bits per heavy atom. The van der Waals surface area contributed by atoms with E-state index in [1.165, 1.54) is 0 Å². The van der Waals surface area contributed by atoms with Gasteiger partial charge in [0.25, 0.3) is 0 Å². The summed E-state index contributed by atoms with van der Waals surface area (Å²) in [6.07, 6.45) is 3.63. The predicted molar refractivity (Wildman–Crippen MR) is 81.6 cm³/mol. The van der Waals surface area contributed by atoms with Crippen molar-refractivity contribution in [2.24, 2.45) is 5.41 Å². The first-order chi connectivity index (χ1) is 10.5. The molecule has 6 heteroatoms. The fraction of sp³-hybridized carbons (Fsp3) is 0.500. The number of hydrogen-bond donors (Lipinski definition) is 2. The molecule has 2 rings (SSSR count). The third kappa shape index (κ3) is 3.77. The Morgan fingerprint density at radius 3 is 2.59 bits per heavy atom. The lowest BCUT2D eigenvalue weighted by molar-refractivity contribution is -0.144. The molecule has 1 unspecified atom stereocenters. The van der Waals surface area contributed by atoms with Gasteiger partial charge in [-0.25, -0.2) is 9.18 Å². The molecule has 0 aromatic heterocycles. The molecule has 22 heavy (non-hydrogen) atoms. The molecule has 1 aromatic rings. The number of hydrogen-bond acceptors (Lipinski definition) is 2. The summed E-state index contributed by atoms with van der Waals surface area (Å²) in [4.78, 5) is 23.5. The molecule has 1 amide bonds. The largest absolute Gasteiger partial charge is 0.480 e.